The quantitative estimate of drug-likeness (QED) is 0.897. The molecule has 4 rings (SSSR count). The SMILES string of the molecule is O=C(CN1C(=O)COc2ccc(-c3cscn3)cc21)NC1CCCCC1. The molecule has 0 atom stereocenters. The molecule has 1 aliphatic carbocycles. The first-order chi connectivity index (χ1) is 12.7. The first kappa shape index (κ1) is 17.0. The summed E-state index contributed by atoms with van der Waals surface area (Å²) < 4.78 is 5.53. The lowest BCUT2D eigenvalue weighted by molar-refractivity contribution is -0.125. The molecule has 2 heterocycles. The van der Waals surface area contributed by atoms with Crippen molar-refractivity contribution in [2.75, 3.05) is 18.1 Å². The maximum Gasteiger partial charge on any atom is 0.265 e. The van der Waals surface area contributed by atoms with Crippen molar-refractivity contribution in [3.05, 3.63) is 29.1 Å². The van der Waals surface area contributed by atoms with Gasteiger partial charge in [0.2, 0.25) is 5.91 Å². The second-order valence-electron chi connectivity index (χ2n) is 6.73. The maximum absolute atomic E-state index is 12.5. The summed E-state index contributed by atoms with van der Waals surface area (Å²) in [6, 6.07) is 5.86. The van der Waals surface area contributed by atoms with E-state index in [9.17, 15) is 9.59 Å². The van der Waals surface area contributed by atoms with Crippen LogP contribution in [0.3, 0.4) is 0 Å². The lowest BCUT2D eigenvalue weighted by Gasteiger charge is -2.30. The molecule has 1 saturated carbocycles. The Hall–Kier alpha value is -2.41. The van der Waals surface area contributed by atoms with E-state index in [1.54, 1.807) is 5.51 Å². The molecular formula is C19H21N3O3S. The van der Waals surface area contributed by atoms with Crippen molar-refractivity contribution in [1.82, 2.24) is 10.3 Å². The molecule has 0 spiro atoms. The molecule has 1 aromatic carbocycles. The average molecular weight is 371 g/mol. The molecule has 2 amide bonds. The second-order valence-corrected chi connectivity index (χ2v) is 7.45. The van der Waals surface area contributed by atoms with Gasteiger partial charge in [0.15, 0.2) is 6.61 Å². The molecule has 2 aromatic rings. The van der Waals surface area contributed by atoms with Gasteiger partial charge in [-0.15, -0.1) is 11.3 Å². The molecule has 1 N–H and O–H groups in total. The van der Waals surface area contributed by atoms with E-state index in [0.717, 1.165) is 36.9 Å². The minimum Gasteiger partial charge on any atom is -0.482 e. The molecule has 6 nitrogen and oxygen atoms in total. The summed E-state index contributed by atoms with van der Waals surface area (Å²) in [5.41, 5.74) is 4.15. The van der Waals surface area contributed by atoms with Gasteiger partial charge in [-0.1, -0.05) is 19.3 Å². The van der Waals surface area contributed by atoms with Crippen molar-refractivity contribution < 1.29 is 14.3 Å². The molecule has 1 fully saturated rings. The molecule has 7 heteroatoms. The van der Waals surface area contributed by atoms with Crippen LogP contribution in [0.2, 0.25) is 0 Å². The Labute approximate surface area is 156 Å². The minimum absolute atomic E-state index is 0.0201. The number of aromatic nitrogens is 1. The van der Waals surface area contributed by atoms with Crippen LogP contribution in [0, 0.1) is 0 Å². The highest BCUT2D eigenvalue weighted by molar-refractivity contribution is 7.07. The summed E-state index contributed by atoms with van der Waals surface area (Å²) in [7, 11) is 0. The van der Waals surface area contributed by atoms with Gasteiger partial charge < -0.3 is 10.1 Å². The molecule has 136 valence electrons. The van der Waals surface area contributed by atoms with Crippen LogP contribution in [0.5, 0.6) is 5.75 Å². The Morgan fingerprint density at radius 2 is 2.15 bits per heavy atom. The maximum atomic E-state index is 12.5. The van der Waals surface area contributed by atoms with Crippen LogP contribution < -0.4 is 15.0 Å². The van der Waals surface area contributed by atoms with E-state index in [1.807, 2.05) is 23.6 Å². The van der Waals surface area contributed by atoms with E-state index in [0.29, 0.717) is 11.4 Å². The van der Waals surface area contributed by atoms with Crippen LogP contribution in [-0.2, 0) is 9.59 Å². The highest BCUT2D eigenvalue weighted by atomic mass is 32.1. The van der Waals surface area contributed by atoms with E-state index in [4.69, 9.17) is 4.74 Å². The number of ether oxygens (including phenoxy) is 1. The predicted octanol–water partition coefficient (Wildman–Crippen LogP) is 2.98. The zero-order valence-electron chi connectivity index (χ0n) is 14.4. The number of hydrogen-bond acceptors (Lipinski definition) is 5. The molecule has 0 saturated heterocycles. The van der Waals surface area contributed by atoms with Gasteiger partial charge in [-0.05, 0) is 31.0 Å². The van der Waals surface area contributed by atoms with E-state index in [-0.39, 0.29) is 31.0 Å². The number of amides is 2. The predicted molar refractivity (Wildman–Crippen MR) is 100 cm³/mol. The average Bonchev–Trinajstić information content (AvgIpc) is 3.19. The number of carbonyl (C=O) groups excluding carboxylic acids is 2. The summed E-state index contributed by atoms with van der Waals surface area (Å²) >= 11 is 1.52. The standard InChI is InChI=1S/C19H21N3O3S/c23-18(21-14-4-2-1-3-5-14)9-22-16-8-13(15-11-26-12-20-15)6-7-17(16)25-10-19(22)24/h6-8,11-12,14H,1-5,9-10H2,(H,21,23). The zero-order valence-corrected chi connectivity index (χ0v) is 15.3. The molecule has 0 bridgehead atoms. The van der Waals surface area contributed by atoms with Crippen molar-refractivity contribution in [1.29, 1.82) is 0 Å². The Morgan fingerprint density at radius 3 is 2.92 bits per heavy atom. The third-order valence-corrected chi connectivity index (χ3v) is 5.49. The monoisotopic (exact) mass is 371 g/mol. The van der Waals surface area contributed by atoms with Gasteiger partial charge in [0, 0.05) is 17.0 Å². The van der Waals surface area contributed by atoms with Gasteiger partial charge in [-0.25, -0.2) is 4.98 Å². The summed E-state index contributed by atoms with van der Waals surface area (Å²) in [6.07, 6.45) is 5.59. The van der Waals surface area contributed by atoms with Crippen molar-refractivity contribution >= 4 is 28.8 Å². The minimum atomic E-state index is -0.202. The summed E-state index contributed by atoms with van der Waals surface area (Å²) in [5.74, 6) is 0.304. The fraction of sp³-hybridized carbons (Fsp3) is 0.421. The third-order valence-electron chi connectivity index (χ3n) is 4.90. The molecule has 26 heavy (non-hydrogen) atoms. The normalized spacial score (nSPS) is 17.5. The van der Waals surface area contributed by atoms with Crippen molar-refractivity contribution in [3.63, 3.8) is 0 Å². The van der Waals surface area contributed by atoms with Gasteiger partial charge in [0.05, 0.1) is 16.9 Å². The summed E-state index contributed by atoms with van der Waals surface area (Å²) in [5, 5.41) is 5.03. The Morgan fingerprint density at radius 1 is 1.31 bits per heavy atom. The number of nitrogens with one attached hydrogen (secondary N) is 1. The van der Waals surface area contributed by atoms with Gasteiger partial charge in [-0.3, -0.25) is 14.5 Å². The fourth-order valence-corrected chi connectivity index (χ4v) is 4.11. The third kappa shape index (κ3) is 3.58. The van der Waals surface area contributed by atoms with Crippen molar-refractivity contribution in [3.8, 4) is 17.0 Å². The Kier molecular flexibility index (Phi) is 4.88. The van der Waals surface area contributed by atoms with Gasteiger partial charge in [-0.2, -0.15) is 0 Å². The van der Waals surface area contributed by atoms with Crippen LogP contribution in [0.15, 0.2) is 29.1 Å². The van der Waals surface area contributed by atoms with Crippen LogP contribution in [0.4, 0.5) is 5.69 Å². The molecule has 1 aliphatic heterocycles. The number of benzene rings is 1. The largest absolute Gasteiger partial charge is 0.482 e. The van der Waals surface area contributed by atoms with Crippen LogP contribution in [0.1, 0.15) is 32.1 Å². The molecule has 2 aliphatic rings. The molecule has 1 aromatic heterocycles. The molecular weight excluding hydrogens is 350 g/mol. The molecule has 0 unspecified atom stereocenters. The van der Waals surface area contributed by atoms with Gasteiger partial charge >= 0.3 is 0 Å². The van der Waals surface area contributed by atoms with Crippen LogP contribution in [-0.4, -0.2) is 36.0 Å². The van der Waals surface area contributed by atoms with Gasteiger partial charge in [0.1, 0.15) is 12.3 Å². The highest BCUT2D eigenvalue weighted by Gasteiger charge is 2.28. The van der Waals surface area contributed by atoms with Crippen molar-refractivity contribution in [2.24, 2.45) is 0 Å². The van der Waals surface area contributed by atoms with E-state index in [2.05, 4.69) is 10.3 Å². The zero-order chi connectivity index (χ0) is 17.9. The fourth-order valence-electron chi connectivity index (χ4n) is 3.55. The van der Waals surface area contributed by atoms with Crippen LogP contribution >= 0.6 is 11.3 Å². The van der Waals surface area contributed by atoms with E-state index < -0.39 is 0 Å². The molecule has 0 radical (unpaired) electrons. The lowest BCUT2D eigenvalue weighted by Crippen LogP contribution is -2.47. The Balaban J connectivity index is 1.53. The highest BCUT2D eigenvalue weighted by Crippen LogP contribution is 2.35. The smallest absolute Gasteiger partial charge is 0.265 e. The van der Waals surface area contributed by atoms with Crippen molar-refractivity contribution in [2.45, 2.75) is 38.1 Å². The first-order valence-electron chi connectivity index (χ1n) is 8.96. The number of fused-ring (bicyclic) bond motifs is 1. The number of carbonyl (C=O) groups is 2. The topological polar surface area (TPSA) is 71.5 Å². The number of hydrogen-bond donors (Lipinski definition) is 1. The number of nitrogens with zero attached hydrogens (tertiary/aromatic N) is 2. The summed E-state index contributed by atoms with van der Waals surface area (Å²) in [6.45, 7) is -0.0219. The number of anilines is 1. The lowest BCUT2D eigenvalue weighted by atomic mass is 9.95. The number of thiazole rings is 1. The van der Waals surface area contributed by atoms with Crippen LogP contribution in [0.25, 0.3) is 11.3 Å². The second kappa shape index (κ2) is 7.45. The number of rotatable bonds is 4. The first-order valence-corrected chi connectivity index (χ1v) is 9.90. The van der Waals surface area contributed by atoms with E-state index >= 15 is 0 Å². The van der Waals surface area contributed by atoms with Gasteiger partial charge in [0.25, 0.3) is 5.91 Å². The van der Waals surface area contributed by atoms with E-state index in [1.165, 1.54) is 22.7 Å². The Bertz CT molecular complexity index is 800. The summed E-state index contributed by atoms with van der Waals surface area (Å²) in [4.78, 5) is 30.7.